The van der Waals surface area contributed by atoms with Crippen molar-refractivity contribution in [1.29, 1.82) is 0 Å². The fourth-order valence-corrected chi connectivity index (χ4v) is 1.13. The van der Waals surface area contributed by atoms with Crippen LogP contribution in [0.4, 0.5) is 5.95 Å². The molecule has 1 atom stereocenters. The van der Waals surface area contributed by atoms with Gasteiger partial charge in [-0.25, -0.2) is 4.98 Å². The van der Waals surface area contributed by atoms with Gasteiger partial charge in [-0.15, -0.1) is 6.42 Å². The van der Waals surface area contributed by atoms with E-state index in [2.05, 4.69) is 21.2 Å². The van der Waals surface area contributed by atoms with E-state index in [9.17, 15) is 0 Å². The monoisotopic (exact) mass is 205 g/mol. The molecule has 1 rings (SSSR count). The third kappa shape index (κ3) is 3.13. The summed E-state index contributed by atoms with van der Waals surface area (Å²) in [6, 6.07) is 1.72. The predicted octanol–water partition coefficient (Wildman–Crippen LogP) is 1.62. The molecule has 4 heteroatoms. The minimum atomic E-state index is -0.0449. The number of nitrogens with one attached hydrogen (secondary N) is 1. The van der Waals surface area contributed by atoms with E-state index < -0.39 is 0 Å². The molecule has 0 fully saturated rings. The van der Waals surface area contributed by atoms with Crippen molar-refractivity contribution in [3.63, 3.8) is 0 Å². The first-order valence-electron chi connectivity index (χ1n) is 4.82. The predicted molar refractivity (Wildman–Crippen MR) is 59.9 cm³/mol. The van der Waals surface area contributed by atoms with Crippen LogP contribution in [0, 0.1) is 19.3 Å². The van der Waals surface area contributed by atoms with Crippen LogP contribution in [0.1, 0.15) is 19.0 Å². The Morgan fingerprint density at radius 2 is 2.33 bits per heavy atom. The number of ether oxygens (including phenoxy) is 1. The van der Waals surface area contributed by atoms with E-state index in [0.29, 0.717) is 11.8 Å². The van der Waals surface area contributed by atoms with Gasteiger partial charge in [0.25, 0.3) is 0 Å². The normalized spacial score (nSPS) is 11.6. The lowest BCUT2D eigenvalue weighted by atomic mass is 10.2. The van der Waals surface area contributed by atoms with Gasteiger partial charge in [-0.1, -0.05) is 12.8 Å². The van der Waals surface area contributed by atoms with Gasteiger partial charge in [-0.2, -0.15) is 4.98 Å². The van der Waals surface area contributed by atoms with Crippen LogP contribution in [0.2, 0.25) is 0 Å². The van der Waals surface area contributed by atoms with E-state index in [4.69, 9.17) is 11.2 Å². The summed E-state index contributed by atoms with van der Waals surface area (Å²) in [7, 11) is 1.57. The molecule has 0 amide bonds. The third-order valence-electron chi connectivity index (χ3n) is 1.95. The Morgan fingerprint density at radius 1 is 1.60 bits per heavy atom. The second kappa shape index (κ2) is 5.20. The zero-order valence-electron chi connectivity index (χ0n) is 9.24. The molecule has 0 aromatic carbocycles. The first kappa shape index (κ1) is 11.3. The molecule has 0 aliphatic carbocycles. The van der Waals surface area contributed by atoms with Crippen molar-refractivity contribution in [2.75, 3.05) is 12.4 Å². The van der Waals surface area contributed by atoms with Crippen molar-refractivity contribution in [3.05, 3.63) is 11.8 Å². The van der Waals surface area contributed by atoms with Gasteiger partial charge < -0.3 is 10.1 Å². The lowest BCUT2D eigenvalue weighted by Crippen LogP contribution is -2.18. The minimum Gasteiger partial charge on any atom is -0.481 e. The Kier molecular flexibility index (Phi) is 3.92. The highest BCUT2D eigenvalue weighted by Gasteiger charge is 2.06. The molecule has 1 N–H and O–H groups in total. The SMILES string of the molecule is C#CC(CC)Nc1nc(C)cc(OC)n1. The smallest absolute Gasteiger partial charge is 0.227 e. The van der Waals surface area contributed by atoms with E-state index in [-0.39, 0.29) is 6.04 Å². The first-order valence-corrected chi connectivity index (χ1v) is 4.82. The van der Waals surface area contributed by atoms with E-state index >= 15 is 0 Å². The molecule has 80 valence electrons. The average molecular weight is 205 g/mol. The summed E-state index contributed by atoms with van der Waals surface area (Å²) >= 11 is 0. The molecule has 0 radical (unpaired) electrons. The highest BCUT2D eigenvalue weighted by atomic mass is 16.5. The van der Waals surface area contributed by atoms with E-state index in [0.717, 1.165) is 12.1 Å². The van der Waals surface area contributed by atoms with Gasteiger partial charge in [0.1, 0.15) is 0 Å². The molecule has 1 aromatic rings. The van der Waals surface area contributed by atoms with Gasteiger partial charge in [0.05, 0.1) is 13.2 Å². The molecule has 1 aromatic heterocycles. The summed E-state index contributed by atoms with van der Waals surface area (Å²) in [4.78, 5) is 8.37. The highest BCUT2D eigenvalue weighted by Crippen LogP contribution is 2.12. The number of rotatable bonds is 4. The maximum Gasteiger partial charge on any atom is 0.227 e. The molecule has 15 heavy (non-hydrogen) atoms. The first-order chi connectivity index (χ1) is 7.19. The van der Waals surface area contributed by atoms with Crippen LogP contribution >= 0.6 is 0 Å². The van der Waals surface area contributed by atoms with Crippen LogP contribution in [0.25, 0.3) is 0 Å². The van der Waals surface area contributed by atoms with Crippen LogP contribution in [0.3, 0.4) is 0 Å². The quantitative estimate of drug-likeness (QED) is 0.759. The molecule has 0 bridgehead atoms. The molecule has 0 spiro atoms. The van der Waals surface area contributed by atoms with Crippen molar-refractivity contribution < 1.29 is 4.74 Å². The maximum atomic E-state index is 5.34. The number of hydrogen-bond donors (Lipinski definition) is 1. The minimum absolute atomic E-state index is 0.0449. The maximum absolute atomic E-state index is 5.34. The fourth-order valence-electron chi connectivity index (χ4n) is 1.13. The molecule has 0 saturated heterocycles. The van der Waals surface area contributed by atoms with E-state index in [1.807, 2.05) is 13.8 Å². The molecule has 4 nitrogen and oxygen atoms in total. The van der Waals surface area contributed by atoms with Crippen molar-refractivity contribution in [1.82, 2.24) is 9.97 Å². The standard InChI is InChI=1S/C11H15N3O/c1-5-9(6-2)13-11-12-8(3)7-10(14-11)15-4/h1,7,9H,6H2,2-4H3,(H,12,13,14). The summed E-state index contributed by atoms with van der Waals surface area (Å²) in [5, 5.41) is 3.06. The number of aromatic nitrogens is 2. The summed E-state index contributed by atoms with van der Waals surface area (Å²) < 4.78 is 5.04. The Bertz CT molecular complexity index is 371. The number of hydrogen-bond acceptors (Lipinski definition) is 4. The number of methoxy groups -OCH3 is 1. The summed E-state index contributed by atoms with van der Waals surface area (Å²) in [5.41, 5.74) is 0.844. The van der Waals surface area contributed by atoms with Gasteiger partial charge in [0.15, 0.2) is 0 Å². The lowest BCUT2D eigenvalue weighted by molar-refractivity contribution is 0.397. The Hall–Kier alpha value is -1.76. The Morgan fingerprint density at radius 3 is 2.87 bits per heavy atom. The molecule has 0 saturated carbocycles. The van der Waals surface area contributed by atoms with E-state index in [1.165, 1.54) is 0 Å². The van der Waals surface area contributed by atoms with Crippen LogP contribution in [-0.4, -0.2) is 23.1 Å². The zero-order chi connectivity index (χ0) is 11.3. The summed E-state index contributed by atoms with van der Waals surface area (Å²) in [6.07, 6.45) is 6.17. The lowest BCUT2D eigenvalue weighted by Gasteiger charge is -2.11. The van der Waals surface area contributed by atoms with Gasteiger partial charge >= 0.3 is 0 Å². The molecule has 1 unspecified atom stereocenters. The highest BCUT2D eigenvalue weighted by molar-refractivity contribution is 5.34. The Labute approximate surface area is 90.1 Å². The van der Waals surface area contributed by atoms with Gasteiger partial charge in [0.2, 0.25) is 11.8 Å². The van der Waals surface area contributed by atoms with Crippen molar-refractivity contribution in [3.8, 4) is 18.2 Å². The number of anilines is 1. The third-order valence-corrected chi connectivity index (χ3v) is 1.95. The molecular formula is C11H15N3O. The summed E-state index contributed by atoms with van der Waals surface area (Å²) in [5.74, 6) is 3.67. The van der Waals surface area contributed by atoms with Gasteiger partial charge in [0, 0.05) is 11.8 Å². The van der Waals surface area contributed by atoms with Crippen molar-refractivity contribution in [2.24, 2.45) is 0 Å². The van der Waals surface area contributed by atoms with Crippen LogP contribution in [0.5, 0.6) is 5.88 Å². The molecule has 0 aliphatic heterocycles. The Balaban J connectivity index is 2.85. The number of terminal acetylenes is 1. The second-order valence-electron chi connectivity index (χ2n) is 3.15. The zero-order valence-corrected chi connectivity index (χ0v) is 9.24. The summed E-state index contributed by atoms with van der Waals surface area (Å²) in [6.45, 7) is 3.89. The molecule has 1 heterocycles. The van der Waals surface area contributed by atoms with Crippen molar-refractivity contribution in [2.45, 2.75) is 26.3 Å². The van der Waals surface area contributed by atoms with Crippen LogP contribution < -0.4 is 10.1 Å². The van der Waals surface area contributed by atoms with Crippen LogP contribution in [0.15, 0.2) is 6.07 Å². The second-order valence-corrected chi connectivity index (χ2v) is 3.15. The van der Waals surface area contributed by atoms with Crippen LogP contribution in [-0.2, 0) is 0 Å². The average Bonchev–Trinajstić information content (AvgIpc) is 2.25. The van der Waals surface area contributed by atoms with E-state index in [1.54, 1.807) is 13.2 Å². The number of aryl methyl sites for hydroxylation is 1. The molecular weight excluding hydrogens is 190 g/mol. The topological polar surface area (TPSA) is 47.0 Å². The van der Waals surface area contributed by atoms with Gasteiger partial charge in [-0.05, 0) is 13.3 Å². The van der Waals surface area contributed by atoms with Gasteiger partial charge in [-0.3, -0.25) is 0 Å². The molecule has 0 aliphatic rings. The number of nitrogens with zero attached hydrogens (tertiary/aromatic N) is 2. The van der Waals surface area contributed by atoms with Crippen molar-refractivity contribution >= 4 is 5.95 Å². The largest absolute Gasteiger partial charge is 0.481 e. The fraction of sp³-hybridized carbons (Fsp3) is 0.455.